The van der Waals surface area contributed by atoms with Crippen molar-refractivity contribution in [1.82, 2.24) is 0 Å². The minimum absolute atomic E-state index is 0.240. The summed E-state index contributed by atoms with van der Waals surface area (Å²) < 4.78 is 33.1. The molecule has 15 atom stereocenters. The Balaban J connectivity index is 1.64. The Kier molecular flexibility index (Phi) is 9.09. The monoisotopic (exact) mass is 482 g/mol. The van der Waals surface area contributed by atoms with Crippen LogP contribution in [-0.4, -0.2) is 131 Å². The Hall–Kier alpha value is -0.480. The molecule has 12 heteroatoms. The van der Waals surface area contributed by atoms with Crippen LogP contribution in [0.25, 0.3) is 0 Å². The molecule has 1 saturated carbocycles. The molecule has 12 nitrogen and oxygen atoms in total. The van der Waals surface area contributed by atoms with Crippen molar-refractivity contribution in [3.05, 3.63) is 0 Å². The third-order valence-corrected chi connectivity index (χ3v) is 6.91. The zero-order valence-corrected chi connectivity index (χ0v) is 19.5. The smallest absolute Gasteiger partial charge is 0.186 e. The van der Waals surface area contributed by atoms with Gasteiger partial charge in [0.2, 0.25) is 0 Å². The maximum Gasteiger partial charge on any atom is 0.186 e. The van der Waals surface area contributed by atoms with Crippen LogP contribution in [0, 0.1) is 5.92 Å². The van der Waals surface area contributed by atoms with E-state index in [4.69, 9.17) is 28.4 Å². The first kappa shape index (κ1) is 27.1. The second-order valence-electron chi connectivity index (χ2n) is 9.25. The lowest BCUT2D eigenvalue weighted by molar-refractivity contribution is -0.332. The molecule has 2 aliphatic heterocycles. The molecule has 0 amide bonds. The maximum absolute atomic E-state index is 10.8. The van der Waals surface area contributed by atoms with Gasteiger partial charge in [-0.25, -0.2) is 0 Å². The summed E-state index contributed by atoms with van der Waals surface area (Å²) in [4.78, 5) is 0. The lowest BCUT2D eigenvalue weighted by Gasteiger charge is -2.48. The SMILES string of the molecule is CO[C@@H]1OC(C)[C@H](O[C@H]2C[C@@H](C)[C@@H](O[C@@H]3OC(C)[C@H](OC)[C@H](O)C3O)C(O)C2O)[C@H](O)C1O. The Morgan fingerprint density at radius 2 is 1.09 bits per heavy atom. The fraction of sp³-hybridized carbons (Fsp3) is 1.00. The van der Waals surface area contributed by atoms with Crippen molar-refractivity contribution in [2.75, 3.05) is 14.2 Å². The van der Waals surface area contributed by atoms with Crippen molar-refractivity contribution in [1.29, 1.82) is 0 Å². The topological polar surface area (TPSA) is 177 Å². The van der Waals surface area contributed by atoms with Crippen molar-refractivity contribution in [2.45, 2.75) is 113 Å². The zero-order valence-electron chi connectivity index (χ0n) is 19.5. The van der Waals surface area contributed by atoms with Gasteiger partial charge in [-0.3, -0.25) is 0 Å². The minimum atomic E-state index is -1.41. The van der Waals surface area contributed by atoms with Crippen LogP contribution >= 0.6 is 0 Å². The van der Waals surface area contributed by atoms with Crippen molar-refractivity contribution in [3.63, 3.8) is 0 Å². The third kappa shape index (κ3) is 5.37. The van der Waals surface area contributed by atoms with E-state index in [1.807, 2.05) is 0 Å². The fourth-order valence-electron chi connectivity index (χ4n) is 4.93. The predicted octanol–water partition coefficient (Wildman–Crippen LogP) is -2.52. The van der Waals surface area contributed by atoms with Crippen LogP contribution in [0.3, 0.4) is 0 Å². The Bertz CT molecular complexity index is 624. The number of hydrogen-bond donors (Lipinski definition) is 6. The van der Waals surface area contributed by atoms with Crippen LogP contribution < -0.4 is 0 Å². The van der Waals surface area contributed by atoms with E-state index in [0.717, 1.165) is 0 Å². The molecule has 0 bridgehead atoms. The van der Waals surface area contributed by atoms with Gasteiger partial charge < -0.3 is 59.1 Å². The molecule has 0 aromatic heterocycles. The van der Waals surface area contributed by atoms with Crippen LogP contribution in [-0.2, 0) is 28.4 Å². The standard InChI is InChI=1S/C21H38O12/c1-7-6-10(32-19-9(3)30-20(29-5)15(26)14(19)25)11(22)12(23)17(7)33-21-16(27)13(24)18(28-4)8(2)31-21/h7-27H,6H2,1-5H3/t7-,8?,9?,10+,11?,12?,13-,14-,15?,16?,17-,18+,19+,20-,21+/m1/s1. The summed E-state index contributed by atoms with van der Waals surface area (Å²) in [6.07, 6.45) is -14.9. The largest absolute Gasteiger partial charge is 0.388 e. The Morgan fingerprint density at radius 1 is 0.576 bits per heavy atom. The zero-order chi connectivity index (χ0) is 24.6. The quantitative estimate of drug-likeness (QED) is 0.235. The second-order valence-corrected chi connectivity index (χ2v) is 9.25. The third-order valence-electron chi connectivity index (χ3n) is 6.91. The van der Waals surface area contributed by atoms with Crippen LogP contribution in [0.15, 0.2) is 0 Å². The first-order valence-corrected chi connectivity index (χ1v) is 11.3. The van der Waals surface area contributed by atoms with Gasteiger partial charge in [0.25, 0.3) is 0 Å². The molecular weight excluding hydrogens is 444 g/mol. The van der Waals surface area contributed by atoms with Crippen LogP contribution in [0.1, 0.15) is 27.2 Å². The van der Waals surface area contributed by atoms with E-state index in [2.05, 4.69) is 0 Å². The van der Waals surface area contributed by atoms with Gasteiger partial charge in [-0.15, -0.1) is 0 Å². The molecule has 6 N–H and O–H groups in total. The van der Waals surface area contributed by atoms with Crippen LogP contribution in [0.4, 0.5) is 0 Å². The molecule has 0 spiro atoms. The number of aliphatic hydroxyl groups excluding tert-OH is 6. The van der Waals surface area contributed by atoms with E-state index in [-0.39, 0.29) is 12.3 Å². The molecule has 0 aromatic carbocycles. The number of ether oxygens (including phenoxy) is 6. The van der Waals surface area contributed by atoms with Crippen molar-refractivity contribution >= 4 is 0 Å². The highest BCUT2D eigenvalue weighted by molar-refractivity contribution is 4.97. The summed E-state index contributed by atoms with van der Waals surface area (Å²) >= 11 is 0. The van der Waals surface area contributed by atoms with Gasteiger partial charge in [0.05, 0.1) is 24.4 Å². The van der Waals surface area contributed by atoms with Crippen molar-refractivity contribution < 1.29 is 59.1 Å². The maximum atomic E-state index is 10.8. The van der Waals surface area contributed by atoms with Gasteiger partial charge in [-0.2, -0.15) is 0 Å². The van der Waals surface area contributed by atoms with Crippen molar-refractivity contribution in [2.24, 2.45) is 5.92 Å². The molecule has 2 saturated heterocycles. The summed E-state index contributed by atoms with van der Waals surface area (Å²) in [5.41, 5.74) is 0. The molecule has 3 aliphatic rings. The second kappa shape index (κ2) is 11.1. The first-order chi connectivity index (χ1) is 15.5. The molecule has 0 aromatic rings. The van der Waals surface area contributed by atoms with E-state index in [0.29, 0.717) is 0 Å². The fourth-order valence-corrected chi connectivity index (χ4v) is 4.93. The van der Waals surface area contributed by atoms with E-state index in [1.165, 1.54) is 14.2 Å². The van der Waals surface area contributed by atoms with Crippen LogP contribution in [0.5, 0.6) is 0 Å². The Labute approximate surface area is 192 Å². The van der Waals surface area contributed by atoms with Gasteiger partial charge in [0.1, 0.15) is 48.8 Å². The molecule has 0 radical (unpaired) electrons. The lowest BCUT2D eigenvalue weighted by Crippen LogP contribution is -2.63. The molecular formula is C21H38O12. The molecule has 194 valence electrons. The van der Waals surface area contributed by atoms with Crippen molar-refractivity contribution in [3.8, 4) is 0 Å². The van der Waals surface area contributed by atoms with Gasteiger partial charge in [-0.1, -0.05) is 6.92 Å². The average molecular weight is 483 g/mol. The highest BCUT2D eigenvalue weighted by Crippen LogP contribution is 2.35. The van der Waals surface area contributed by atoms with E-state index >= 15 is 0 Å². The summed E-state index contributed by atoms with van der Waals surface area (Å²) in [5, 5.41) is 62.8. The predicted molar refractivity (Wildman–Crippen MR) is 110 cm³/mol. The lowest BCUT2D eigenvalue weighted by atomic mass is 9.81. The summed E-state index contributed by atoms with van der Waals surface area (Å²) in [6, 6.07) is 0. The molecule has 3 fully saturated rings. The molecule has 33 heavy (non-hydrogen) atoms. The van der Waals surface area contributed by atoms with Gasteiger partial charge in [-0.05, 0) is 26.2 Å². The summed E-state index contributed by atoms with van der Waals surface area (Å²) in [7, 11) is 2.74. The highest BCUT2D eigenvalue weighted by atomic mass is 16.7. The highest BCUT2D eigenvalue weighted by Gasteiger charge is 2.51. The number of rotatable bonds is 6. The number of aliphatic hydroxyl groups is 6. The summed E-state index contributed by atoms with van der Waals surface area (Å²) in [5.74, 6) is -0.356. The molecule has 6 unspecified atom stereocenters. The summed E-state index contributed by atoms with van der Waals surface area (Å²) in [6.45, 7) is 5.09. The van der Waals surface area contributed by atoms with E-state index in [1.54, 1.807) is 20.8 Å². The van der Waals surface area contributed by atoms with E-state index in [9.17, 15) is 30.6 Å². The molecule has 3 rings (SSSR count). The van der Waals surface area contributed by atoms with E-state index < -0.39 is 85.8 Å². The van der Waals surface area contributed by atoms with Gasteiger partial charge in [0, 0.05) is 14.2 Å². The molecule has 1 aliphatic carbocycles. The first-order valence-electron chi connectivity index (χ1n) is 11.3. The number of hydrogen-bond acceptors (Lipinski definition) is 12. The Morgan fingerprint density at radius 3 is 1.70 bits per heavy atom. The van der Waals surface area contributed by atoms with Crippen LogP contribution in [0.2, 0.25) is 0 Å². The minimum Gasteiger partial charge on any atom is -0.388 e. The number of methoxy groups -OCH3 is 2. The average Bonchev–Trinajstić information content (AvgIpc) is 2.78. The molecule has 2 heterocycles. The van der Waals surface area contributed by atoms with Gasteiger partial charge >= 0.3 is 0 Å². The van der Waals surface area contributed by atoms with Gasteiger partial charge in [0.15, 0.2) is 12.6 Å². The normalized spacial score (nSPS) is 53.7.